The molecular weight excluding hydrogens is 422 g/mol. The number of halogens is 2. The van der Waals surface area contributed by atoms with Gasteiger partial charge >= 0.3 is 0 Å². The Hall–Kier alpha value is -1.59. The second kappa shape index (κ2) is 6.49. The number of anilines is 1. The van der Waals surface area contributed by atoms with Gasteiger partial charge in [-0.15, -0.1) is 0 Å². The van der Waals surface area contributed by atoms with Crippen molar-refractivity contribution in [2.45, 2.75) is 13.8 Å². The molecule has 0 atom stereocenters. The number of fused-ring (bicyclic) bond motifs is 1. The highest BCUT2D eigenvalue weighted by atomic mass is 79.9. The van der Waals surface area contributed by atoms with Crippen molar-refractivity contribution < 1.29 is 9.53 Å². The van der Waals surface area contributed by atoms with Crippen LogP contribution >= 0.6 is 31.9 Å². The van der Waals surface area contributed by atoms with Crippen molar-refractivity contribution in [3.63, 3.8) is 0 Å². The van der Waals surface area contributed by atoms with Crippen molar-refractivity contribution in [2.24, 2.45) is 0 Å². The second-order valence-electron chi connectivity index (χ2n) is 5.20. The quantitative estimate of drug-likeness (QED) is 0.653. The van der Waals surface area contributed by atoms with Gasteiger partial charge in [-0.3, -0.25) is 4.79 Å². The summed E-state index contributed by atoms with van der Waals surface area (Å²) in [5.74, 6) is 0.670. The monoisotopic (exact) mass is 435 g/mol. The third-order valence-electron chi connectivity index (χ3n) is 3.75. The van der Waals surface area contributed by atoms with E-state index in [-0.39, 0.29) is 5.91 Å². The average Bonchev–Trinajstić information content (AvgIpc) is 2.85. The SMILES string of the molecule is CCOc1ccccc1C=C1C(=O)Nc2c(Br)cc(Br)c(C)c21. The number of benzene rings is 2. The Labute approximate surface area is 152 Å². The topological polar surface area (TPSA) is 38.3 Å². The third-order valence-corrected chi connectivity index (χ3v) is 5.20. The van der Waals surface area contributed by atoms with Gasteiger partial charge in [-0.2, -0.15) is 0 Å². The van der Waals surface area contributed by atoms with Gasteiger partial charge < -0.3 is 10.1 Å². The first-order valence-corrected chi connectivity index (χ1v) is 8.85. The maximum absolute atomic E-state index is 12.5. The molecule has 0 spiro atoms. The minimum Gasteiger partial charge on any atom is -0.493 e. The summed E-state index contributed by atoms with van der Waals surface area (Å²) in [5, 5.41) is 2.94. The zero-order valence-corrected chi connectivity index (χ0v) is 15.9. The van der Waals surface area contributed by atoms with Crippen LogP contribution in [0.4, 0.5) is 5.69 Å². The van der Waals surface area contributed by atoms with Crippen molar-refractivity contribution in [1.29, 1.82) is 0 Å². The van der Waals surface area contributed by atoms with Crippen LogP contribution in [0.2, 0.25) is 0 Å². The second-order valence-corrected chi connectivity index (χ2v) is 6.91. The van der Waals surface area contributed by atoms with Crippen molar-refractivity contribution in [2.75, 3.05) is 11.9 Å². The van der Waals surface area contributed by atoms with E-state index in [1.54, 1.807) is 0 Å². The number of carbonyl (C=O) groups is 1. The van der Waals surface area contributed by atoms with E-state index in [0.717, 1.165) is 37.1 Å². The van der Waals surface area contributed by atoms with Gasteiger partial charge in [0.25, 0.3) is 5.91 Å². The maximum atomic E-state index is 12.5. The number of amides is 1. The molecule has 3 rings (SSSR count). The molecule has 0 aliphatic carbocycles. The molecule has 0 unspecified atom stereocenters. The Kier molecular flexibility index (Phi) is 4.60. The van der Waals surface area contributed by atoms with Gasteiger partial charge in [0.2, 0.25) is 0 Å². The Balaban J connectivity index is 2.19. The molecule has 2 aromatic rings. The molecule has 1 aliphatic rings. The van der Waals surface area contributed by atoms with Crippen LogP contribution in [0.3, 0.4) is 0 Å². The molecule has 1 heterocycles. The molecule has 1 amide bonds. The van der Waals surface area contributed by atoms with Crippen LogP contribution in [0.25, 0.3) is 11.6 Å². The highest BCUT2D eigenvalue weighted by Gasteiger charge is 2.29. The van der Waals surface area contributed by atoms with Gasteiger partial charge in [-0.25, -0.2) is 0 Å². The Bertz CT molecular complexity index is 828. The first-order valence-electron chi connectivity index (χ1n) is 7.26. The Morgan fingerprint density at radius 2 is 1.96 bits per heavy atom. The molecule has 1 aliphatic heterocycles. The summed E-state index contributed by atoms with van der Waals surface area (Å²) >= 11 is 7.07. The van der Waals surface area contributed by atoms with E-state index in [9.17, 15) is 4.79 Å². The molecule has 0 saturated carbocycles. The molecule has 118 valence electrons. The number of rotatable bonds is 3. The zero-order valence-electron chi connectivity index (χ0n) is 12.7. The molecule has 0 radical (unpaired) electrons. The first kappa shape index (κ1) is 16.3. The fraction of sp³-hybridized carbons (Fsp3) is 0.167. The molecule has 0 aromatic heterocycles. The van der Waals surface area contributed by atoms with Crippen LogP contribution in [-0.2, 0) is 4.79 Å². The predicted octanol–water partition coefficient (Wildman–Crippen LogP) is 5.41. The molecule has 23 heavy (non-hydrogen) atoms. The standard InChI is InChI=1S/C18H15Br2NO2/c1-3-23-15-7-5-4-6-11(15)8-12-16-10(2)13(19)9-14(20)17(16)21-18(12)22/h4-9H,3H2,1-2H3,(H,21,22). The summed E-state index contributed by atoms with van der Waals surface area (Å²) in [7, 11) is 0. The van der Waals surface area contributed by atoms with Crippen LogP contribution in [0.5, 0.6) is 5.75 Å². The molecular formula is C18H15Br2NO2. The maximum Gasteiger partial charge on any atom is 0.256 e. The minimum atomic E-state index is -0.104. The zero-order chi connectivity index (χ0) is 16.6. The number of hydrogen-bond donors (Lipinski definition) is 1. The van der Waals surface area contributed by atoms with Crippen molar-refractivity contribution in [3.8, 4) is 5.75 Å². The molecule has 0 fully saturated rings. The Morgan fingerprint density at radius 1 is 1.22 bits per heavy atom. The molecule has 5 heteroatoms. The number of carbonyl (C=O) groups excluding carboxylic acids is 1. The fourth-order valence-corrected chi connectivity index (χ4v) is 3.91. The smallest absolute Gasteiger partial charge is 0.256 e. The van der Waals surface area contributed by atoms with Crippen LogP contribution in [-0.4, -0.2) is 12.5 Å². The van der Waals surface area contributed by atoms with E-state index < -0.39 is 0 Å². The molecule has 3 nitrogen and oxygen atoms in total. The number of hydrogen-bond acceptors (Lipinski definition) is 2. The molecule has 0 bridgehead atoms. The fourth-order valence-electron chi connectivity index (χ4n) is 2.65. The summed E-state index contributed by atoms with van der Waals surface area (Å²) in [6, 6.07) is 9.67. The lowest BCUT2D eigenvalue weighted by molar-refractivity contribution is -0.110. The van der Waals surface area contributed by atoms with E-state index in [4.69, 9.17) is 4.74 Å². The van der Waals surface area contributed by atoms with E-state index >= 15 is 0 Å². The van der Waals surface area contributed by atoms with Crippen LogP contribution in [0.15, 0.2) is 39.3 Å². The summed E-state index contributed by atoms with van der Waals surface area (Å²) < 4.78 is 7.48. The molecule has 0 saturated heterocycles. The largest absolute Gasteiger partial charge is 0.493 e. The van der Waals surface area contributed by atoms with Gasteiger partial charge in [0.1, 0.15) is 5.75 Å². The lowest BCUT2D eigenvalue weighted by Crippen LogP contribution is -2.04. The minimum absolute atomic E-state index is 0.104. The van der Waals surface area contributed by atoms with Gasteiger partial charge in [-0.05, 0) is 53.5 Å². The van der Waals surface area contributed by atoms with Crippen molar-refractivity contribution in [3.05, 3.63) is 56.0 Å². The third kappa shape index (κ3) is 2.95. The van der Waals surface area contributed by atoms with E-state index in [2.05, 4.69) is 37.2 Å². The van der Waals surface area contributed by atoms with Gasteiger partial charge in [0.05, 0.1) is 17.9 Å². The van der Waals surface area contributed by atoms with Crippen molar-refractivity contribution >= 4 is 55.1 Å². The number of para-hydroxylation sites is 1. The van der Waals surface area contributed by atoms with Crippen molar-refractivity contribution in [1.82, 2.24) is 0 Å². The number of nitrogens with one attached hydrogen (secondary N) is 1. The normalized spacial score (nSPS) is 14.8. The van der Waals surface area contributed by atoms with Gasteiger partial charge in [0.15, 0.2) is 0 Å². The van der Waals surface area contributed by atoms with Crippen LogP contribution in [0.1, 0.15) is 23.6 Å². The highest BCUT2D eigenvalue weighted by molar-refractivity contribution is 9.11. The van der Waals surface area contributed by atoms with E-state index in [1.807, 2.05) is 50.3 Å². The van der Waals surface area contributed by atoms with E-state index in [1.165, 1.54) is 0 Å². The lowest BCUT2D eigenvalue weighted by Gasteiger charge is -2.10. The van der Waals surface area contributed by atoms with Crippen LogP contribution < -0.4 is 10.1 Å². The summed E-state index contributed by atoms with van der Waals surface area (Å²) in [4.78, 5) is 12.5. The number of ether oxygens (including phenoxy) is 1. The van der Waals surface area contributed by atoms with Gasteiger partial charge in [0, 0.05) is 20.1 Å². The summed E-state index contributed by atoms with van der Waals surface area (Å²) in [5.41, 5.74) is 4.30. The predicted molar refractivity (Wildman–Crippen MR) is 101 cm³/mol. The molecule has 1 N–H and O–H groups in total. The Morgan fingerprint density at radius 3 is 2.70 bits per heavy atom. The summed E-state index contributed by atoms with van der Waals surface area (Å²) in [6.45, 7) is 4.52. The summed E-state index contributed by atoms with van der Waals surface area (Å²) in [6.07, 6.45) is 1.89. The first-order chi connectivity index (χ1) is 11.0. The average molecular weight is 437 g/mol. The lowest BCUT2D eigenvalue weighted by atomic mass is 9.99. The van der Waals surface area contributed by atoms with Gasteiger partial charge in [-0.1, -0.05) is 34.1 Å². The molecule has 2 aromatic carbocycles. The van der Waals surface area contributed by atoms with Crippen LogP contribution in [0, 0.1) is 6.92 Å². The highest BCUT2D eigenvalue weighted by Crippen LogP contribution is 2.43. The van der Waals surface area contributed by atoms with E-state index in [0.29, 0.717) is 12.2 Å².